The lowest BCUT2D eigenvalue weighted by atomic mass is 9.67. The molecule has 2 heterocycles. The van der Waals surface area contributed by atoms with Gasteiger partial charge in [-0.05, 0) is 104 Å². The average molecular weight is 829 g/mol. The molecule has 13 rings (SSSR count). The Balaban J connectivity index is 0.947. The van der Waals surface area contributed by atoms with Gasteiger partial charge in [0.15, 0.2) is 5.82 Å². The van der Waals surface area contributed by atoms with E-state index in [4.69, 9.17) is 9.97 Å². The maximum atomic E-state index is 5.09. The monoisotopic (exact) mass is 828 g/mol. The first-order chi connectivity index (χ1) is 32.3. The Labute approximate surface area is 377 Å². The molecule has 0 bridgehead atoms. The van der Waals surface area contributed by atoms with Crippen LogP contribution in [0.25, 0.3) is 71.6 Å². The summed E-state index contributed by atoms with van der Waals surface area (Å²) < 4.78 is 2.42. The van der Waals surface area contributed by atoms with Crippen molar-refractivity contribution in [3.05, 3.63) is 265 Å². The van der Waals surface area contributed by atoms with E-state index in [1.54, 1.807) is 0 Å². The molecule has 10 aromatic carbocycles. The molecule has 0 saturated carbocycles. The van der Waals surface area contributed by atoms with Gasteiger partial charge in [-0.15, -0.1) is 0 Å². The van der Waals surface area contributed by atoms with Crippen LogP contribution in [0.3, 0.4) is 0 Å². The lowest BCUT2D eigenvalue weighted by Gasteiger charge is -2.34. The molecule has 0 N–H and O–H groups in total. The number of fused-ring (bicyclic) bond motifs is 9. The number of anilines is 3. The predicted octanol–water partition coefficient (Wildman–Crippen LogP) is 15.4. The molecule has 0 atom stereocenters. The molecule has 1 aliphatic carbocycles. The summed E-state index contributed by atoms with van der Waals surface area (Å²) in [4.78, 5) is 12.4. The first kappa shape index (κ1) is 37.0. The third-order valence-corrected chi connectivity index (χ3v) is 13.5. The molecule has 0 fully saturated rings. The minimum Gasteiger partial charge on any atom is -0.309 e. The smallest absolute Gasteiger partial charge is 0.159 e. The van der Waals surface area contributed by atoms with Crippen molar-refractivity contribution in [1.82, 2.24) is 14.5 Å². The number of hydrogen-bond acceptors (Lipinski definition) is 3. The summed E-state index contributed by atoms with van der Waals surface area (Å²) in [6.45, 7) is 0. The van der Waals surface area contributed by atoms with E-state index in [0.717, 1.165) is 44.7 Å². The third-order valence-electron chi connectivity index (χ3n) is 13.5. The van der Waals surface area contributed by atoms with Crippen molar-refractivity contribution in [2.24, 2.45) is 0 Å². The van der Waals surface area contributed by atoms with Gasteiger partial charge in [-0.3, -0.25) is 0 Å². The second kappa shape index (κ2) is 14.8. The summed E-state index contributed by atoms with van der Waals surface area (Å²) in [6.07, 6.45) is 3.92. The lowest BCUT2D eigenvalue weighted by molar-refractivity contribution is 0.767. The van der Waals surface area contributed by atoms with Crippen molar-refractivity contribution in [3.63, 3.8) is 0 Å². The van der Waals surface area contributed by atoms with E-state index in [1.165, 1.54) is 60.3 Å². The van der Waals surface area contributed by atoms with Crippen LogP contribution >= 0.6 is 0 Å². The topological polar surface area (TPSA) is 34.0 Å². The molecular formula is C61H40N4. The zero-order valence-electron chi connectivity index (χ0n) is 35.4. The van der Waals surface area contributed by atoms with Gasteiger partial charge >= 0.3 is 0 Å². The molecule has 0 radical (unpaired) electrons. The number of nitrogens with zero attached hydrogens (tertiary/aromatic N) is 4. The minimum absolute atomic E-state index is 0.489. The van der Waals surface area contributed by atoms with Crippen molar-refractivity contribution in [2.75, 3.05) is 4.90 Å². The van der Waals surface area contributed by atoms with Crippen molar-refractivity contribution in [1.29, 1.82) is 0 Å². The van der Waals surface area contributed by atoms with Gasteiger partial charge in [-0.1, -0.05) is 176 Å². The molecule has 12 aromatic rings. The quantitative estimate of drug-likeness (QED) is 0.150. The molecule has 0 aliphatic heterocycles. The molecule has 4 heteroatoms. The van der Waals surface area contributed by atoms with Crippen LogP contribution in [0.2, 0.25) is 0 Å². The molecule has 0 saturated heterocycles. The van der Waals surface area contributed by atoms with E-state index in [1.807, 2.05) is 12.4 Å². The highest BCUT2D eigenvalue weighted by atomic mass is 15.2. The van der Waals surface area contributed by atoms with E-state index in [2.05, 4.69) is 240 Å². The predicted molar refractivity (Wildman–Crippen MR) is 269 cm³/mol. The van der Waals surface area contributed by atoms with Crippen LogP contribution in [-0.4, -0.2) is 14.5 Å². The van der Waals surface area contributed by atoms with Gasteiger partial charge in [0.2, 0.25) is 0 Å². The van der Waals surface area contributed by atoms with Gasteiger partial charge < -0.3 is 9.47 Å². The van der Waals surface area contributed by atoms with E-state index in [-0.39, 0.29) is 0 Å². The summed E-state index contributed by atoms with van der Waals surface area (Å²) in [5, 5.41) is 7.13. The van der Waals surface area contributed by atoms with Crippen LogP contribution in [0.15, 0.2) is 243 Å². The van der Waals surface area contributed by atoms with Crippen LogP contribution in [0, 0.1) is 0 Å². The summed E-state index contributed by atoms with van der Waals surface area (Å²) in [6, 6.07) is 83.5. The van der Waals surface area contributed by atoms with E-state index >= 15 is 0 Å². The molecule has 4 nitrogen and oxygen atoms in total. The first-order valence-electron chi connectivity index (χ1n) is 22.2. The largest absolute Gasteiger partial charge is 0.309 e. The van der Waals surface area contributed by atoms with Crippen LogP contribution in [0.1, 0.15) is 22.3 Å². The third kappa shape index (κ3) is 5.64. The number of para-hydroxylation sites is 2. The van der Waals surface area contributed by atoms with Gasteiger partial charge in [0.25, 0.3) is 0 Å². The summed E-state index contributed by atoms with van der Waals surface area (Å²) in [5.74, 6) is 0.676. The number of hydrogen-bond donors (Lipinski definition) is 0. The number of rotatable bonds is 7. The maximum Gasteiger partial charge on any atom is 0.159 e. The van der Waals surface area contributed by atoms with Crippen LogP contribution < -0.4 is 4.90 Å². The Hall–Kier alpha value is -8.60. The highest BCUT2D eigenvalue weighted by Gasteiger charge is 2.46. The molecule has 304 valence electrons. The first-order valence-corrected chi connectivity index (χ1v) is 22.2. The number of aromatic nitrogens is 3. The van der Waals surface area contributed by atoms with E-state index in [9.17, 15) is 0 Å². The summed E-state index contributed by atoms with van der Waals surface area (Å²) in [7, 11) is 0. The van der Waals surface area contributed by atoms with Crippen molar-refractivity contribution >= 4 is 60.4 Å². The fraction of sp³-hybridized carbons (Fsp3) is 0.0164. The van der Waals surface area contributed by atoms with Crippen molar-refractivity contribution in [3.8, 4) is 28.2 Å². The van der Waals surface area contributed by atoms with Crippen LogP contribution in [0.4, 0.5) is 17.1 Å². The van der Waals surface area contributed by atoms with E-state index < -0.39 is 5.41 Å². The highest BCUT2D eigenvalue weighted by molar-refractivity contribution is 6.15. The molecule has 0 unspecified atom stereocenters. The van der Waals surface area contributed by atoms with Gasteiger partial charge in [0.05, 0.1) is 40.2 Å². The second-order valence-electron chi connectivity index (χ2n) is 16.9. The Morgan fingerprint density at radius 3 is 1.72 bits per heavy atom. The number of benzene rings is 10. The lowest BCUT2D eigenvalue weighted by Crippen LogP contribution is -2.28. The fourth-order valence-corrected chi connectivity index (χ4v) is 10.8. The zero-order chi connectivity index (χ0) is 42.9. The molecule has 65 heavy (non-hydrogen) atoms. The van der Waals surface area contributed by atoms with Crippen molar-refractivity contribution < 1.29 is 0 Å². The minimum atomic E-state index is -0.489. The maximum absolute atomic E-state index is 5.09. The van der Waals surface area contributed by atoms with Gasteiger partial charge in [-0.25, -0.2) is 9.97 Å². The molecule has 2 aromatic heterocycles. The Morgan fingerprint density at radius 2 is 0.969 bits per heavy atom. The normalized spacial score (nSPS) is 12.7. The SMILES string of the molecule is c1ccc(N(c2cnc(-c3ccc4c(c3)c3ccccc3n4-c3ccc4c(c3)C(c3ccccc3)(c3ccccc3)c3ccccc3-4)nc2)c2cc3ccccc3c3ccccc23)cc1. The summed E-state index contributed by atoms with van der Waals surface area (Å²) in [5.41, 5.74) is 14.5. The second-order valence-corrected chi connectivity index (χ2v) is 16.9. The van der Waals surface area contributed by atoms with E-state index in [0.29, 0.717) is 5.82 Å². The standard InChI is InChI=1S/C61H40N4/c1-4-19-43(20-5-1)61(44-21-6-2-7-22-44)55-30-16-14-27-50(55)51-34-33-46(38-56(51)61)65-57-31-17-15-29-53(57)54-36-42(32-35-58(54)65)60-62-39-47(40-63-60)64(45-23-8-3-9-24-45)59-37-41-18-10-11-25-48(41)49-26-12-13-28-52(49)59/h1-40H. The van der Waals surface area contributed by atoms with Crippen LogP contribution in [-0.2, 0) is 5.41 Å². The zero-order valence-corrected chi connectivity index (χ0v) is 35.4. The molecule has 0 spiro atoms. The van der Waals surface area contributed by atoms with Gasteiger partial charge in [0, 0.05) is 33.1 Å². The molecule has 0 amide bonds. The highest BCUT2D eigenvalue weighted by Crippen LogP contribution is 2.56. The Morgan fingerprint density at radius 1 is 0.385 bits per heavy atom. The Kier molecular flexibility index (Phi) is 8.40. The molecule has 1 aliphatic rings. The average Bonchev–Trinajstić information content (AvgIpc) is 3.87. The molecular weight excluding hydrogens is 789 g/mol. The van der Waals surface area contributed by atoms with Gasteiger partial charge in [0.1, 0.15) is 0 Å². The fourth-order valence-electron chi connectivity index (χ4n) is 10.8. The van der Waals surface area contributed by atoms with Gasteiger partial charge in [-0.2, -0.15) is 0 Å². The summed E-state index contributed by atoms with van der Waals surface area (Å²) >= 11 is 0. The van der Waals surface area contributed by atoms with Crippen LogP contribution in [0.5, 0.6) is 0 Å². The van der Waals surface area contributed by atoms with Crippen molar-refractivity contribution in [2.45, 2.75) is 5.41 Å². The Bertz CT molecular complexity index is 3720.